The predicted octanol–water partition coefficient (Wildman–Crippen LogP) is 11.3. The number of hydrogen-bond donors (Lipinski definition) is 0. The lowest BCUT2D eigenvalue weighted by Gasteiger charge is -2.31. The van der Waals surface area contributed by atoms with Gasteiger partial charge in [0.15, 0.2) is 23.0 Å². The van der Waals surface area contributed by atoms with Crippen molar-refractivity contribution in [2.45, 2.75) is 50.9 Å². The highest BCUT2D eigenvalue weighted by Gasteiger charge is 2.45. The zero-order chi connectivity index (χ0) is 30.5. The maximum atomic E-state index is 6.78. The van der Waals surface area contributed by atoms with Crippen molar-refractivity contribution >= 4 is 0 Å². The molecule has 5 aromatic rings. The van der Waals surface area contributed by atoms with Gasteiger partial charge < -0.3 is 9.47 Å². The van der Waals surface area contributed by atoms with E-state index in [-0.39, 0.29) is 10.8 Å². The van der Waals surface area contributed by atoms with Gasteiger partial charge in [-0.2, -0.15) is 0 Å². The maximum Gasteiger partial charge on any atom is 0.178 e. The highest BCUT2D eigenvalue weighted by molar-refractivity contribution is 5.89. The molecule has 0 aromatic heterocycles. The lowest BCUT2D eigenvalue weighted by Crippen LogP contribution is -2.25. The number of para-hydroxylation sites is 1. The number of hydrogen-bond acceptors (Lipinski definition) is 2. The van der Waals surface area contributed by atoms with Gasteiger partial charge in [0.05, 0.1) is 0 Å². The van der Waals surface area contributed by atoms with Crippen molar-refractivity contribution in [3.05, 3.63) is 155 Å². The molecule has 220 valence electrons. The highest BCUT2D eigenvalue weighted by atomic mass is 16.6. The quantitative estimate of drug-likeness (QED) is 0.206. The minimum Gasteiger partial charge on any atom is -0.449 e. The smallest absolute Gasteiger partial charge is 0.178 e. The van der Waals surface area contributed by atoms with E-state index in [0.717, 1.165) is 40.5 Å². The predicted molar refractivity (Wildman–Crippen MR) is 183 cm³/mol. The molecule has 45 heavy (non-hydrogen) atoms. The summed E-state index contributed by atoms with van der Waals surface area (Å²) in [6.07, 6.45) is 8.19. The summed E-state index contributed by atoms with van der Waals surface area (Å²) in [5, 5.41) is 0. The first-order valence-corrected chi connectivity index (χ1v) is 16.1. The molecule has 0 N–H and O–H groups in total. The molecular weight excluding hydrogens is 548 g/mol. The van der Waals surface area contributed by atoms with Gasteiger partial charge in [-0.25, -0.2) is 0 Å². The molecule has 0 bridgehead atoms. The second kappa shape index (κ2) is 9.34. The molecule has 5 aromatic carbocycles. The summed E-state index contributed by atoms with van der Waals surface area (Å²) in [5.74, 6) is 4.03. The molecule has 1 heterocycles. The lowest BCUT2D eigenvalue weighted by atomic mass is 9.73. The van der Waals surface area contributed by atoms with Gasteiger partial charge in [-0.15, -0.1) is 0 Å². The van der Waals surface area contributed by atoms with Gasteiger partial charge >= 0.3 is 0 Å². The first-order valence-electron chi connectivity index (χ1n) is 16.1. The van der Waals surface area contributed by atoms with E-state index in [0.29, 0.717) is 11.8 Å². The molecule has 2 atom stereocenters. The van der Waals surface area contributed by atoms with Crippen LogP contribution in [-0.2, 0) is 17.3 Å². The number of fused-ring (bicyclic) bond motifs is 9. The summed E-state index contributed by atoms with van der Waals surface area (Å²) in [6.45, 7) is 9.39. The first kappa shape index (κ1) is 26.6. The SMILES string of the molecule is CC1(C)c2ccccc2-c2c1ccc1c2Oc2cccc(-c3ccccc3CC3=CC4C(C=C3)c3ccccc3C4(C)C)c2O1. The van der Waals surface area contributed by atoms with Crippen molar-refractivity contribution in [1.29, 1.82) is 0 Å². The van der Waals surface area contributed by atoms with Crippen LogP contribution in [0.5, 0.6) is 23.0 Å². The van der Waals surface area contributed by atoms with E-state index in [1.165, 1.54) is 44.5 Å². The maximum absolute atomic E-state index is 6.78. The molecular formula is C43H36O2. The summed E-state index contributed by atoms with van der Waals surface area (Å²) in [5.41, 5.74) is 12.8. The fourth-order valence-corrected chi connectivity index (χ4v) is 8.58. The van der Waals surface area contributed by atoms with Crippen LogP contribution in [0.15, 0.2) is 127 Å². The summed E-state index contributed by atoms with van der Waals surface area (Å²) in [7, 11) is 0. The Balaban J connectivity index is 1.08. The Bertz CT molecular complexity index is 2110. The van der Waals surface area contributed by atoms with Crippen LogP contribution in [0.4, 0.5) is 0 Å². The lowest BCUT2D eigenvalue weighted by molar-refractivity contribution is 0.361. The minimum atomic E-state index is -0.0931. The van der Waals surface area contributed by atoms with E-state index in [9.17, 15) is 0 Å². The molecule has 4 aliphatic rings. The van der Waals surface area contributed by atoms with Crippen LogP contribution in [0.1, 0.15) is 61.4 Å². The van der Waals surface area contributed by atoms with Crippen LogP contribution in [-0.4, -0.2) is 0 Å². The van der Waals surface area contributed by atoms with E-state index in [2.05, 4.69) is 143 Å². The largest absolute Gasteiger partial charge is 0.449 e. The monoisotopic (exact) mass is 584 g/mol. The van der Waals surface area contributed by atoms with Crippen molar-refractivity contribution in [1.82, 2.24) is 0 Å². The minimum absolute atomic E-state index is 0.0931. The van der Waals surface area contributed by atoms with Crippen LogP contribution in [0, 0.1) is 5.92 Å². The Morgan fingerprint density at radius 2 is 1.29 bits per heavy atom. The van der Waals surface area contributed by atoms with E-state index in [1.807, 2.05) is 6.07 Å². The van der Waals surface area contributed by atoms with Gasteiger partial charge in [-0.3, -0.25) is 0 Å². The molecule has 0 amide bonds. The third kappa shape index (κ3) is 3.75. The Kier molecular flexibility index (Phi) is 5.52. The zero-order valence-corrected chi connectivity index (χ0v) is 26.2. The van der Waals surface area contributed by atoms with Crippen LogP contribution >= 0.6 is 0 Å². The Morgan fingerprint density at radius 3 is 2.16 bits per heavy atom. The summed E-state index contributed by atoms with van der Waals surface area (Å²) < 4.78 is 13.6. The molecule has 0 radical (unpaired) electrons. The van der Waals surface area contributed by atoms with Gasteiger partial charge in [0.25, 0.3) is 0 Å². The molecule has 2 unspecified atom stereocenters. The van der Waals surface area contributed by atoms with Gasteiger partial charge in [-0.1, -0.05) is 137 Å². The topological polar surface area (TPSA) is 18.5 Å². The first-order chi connectivity index (χ1) is 21.8. The summed E-state index contributed by atoms with van der Waals surface area (Å²) in [6, 6.07) is 37.0. The molecule has 2 nitrogen and oxygen atoms in total. The van der Waals surface area contributed by atoms with Gasteiger partial charge in [0.2, 0.25) is 0 Å². The van der Waals surface area contributed by atoms with Crippen LogP contribution in [0.3, 0.4) is 0 Å². The molecule has 1 aliphatic heterocycles. The van der Waals surface area contributed by atoms with Crippen molar-refractivity contribution in [3.63, 3.8) is 0 Å². The second-order valence-corrected chi connectivity index (χ2v) is 14.1. The average Bonchev–Trinajstić information content (AvgIpc) is 3.43. The van der Waals surface area contributed by atoms with Crippen LogP contribution < -0.4 is 9.47 Å². The molecule has 0 fully saturated rings. The third-order valence-electron chi connectivity index (χ3n) is 10.9. The molecule has 0 saturated heterocycles. The average molecular weight is 585 g/mol. The van der Waals surface area contributed by atoms with Gasteiger partial charge in [0.1, 0.15) is 0 Å². The Hall–Kier alpha value is -4.82. The van der Waals surface area contributed by atoms with Gasteiger partial charge in [0, 0.05) is 22.5 Å². The van der Waals surface area contributed by atoms with Crippen molar-refractivity contribution < 1.29 is 9.47 Å². The van der Waals surface area contributed by atoms with E-state index in [4.69, 9.17) is 9.47 Å². The van der Waals surface area contributed by atoms with E-state index < -0.39 is 0 Å². The van der Waals surface area contributed by atoms with Crippen LogP contribution in [0.25, 0.3) is 22.3 Å². The van der Waals surface area contributed by atoms with E-state index in [1.54, 1.807) is 0 Å². The number of rotatable bonds is 3. The van der Waals surface area contributed by atoms with Crippen molar-refractivity contribution in [2.75, 3.05) is 0 Å². The van der Waals surface area contributed by atoms with Crippen LogP contribution in [0.2, 0.25) is 0 Å². The number of allylic oxidation sites excluding steroid dienone is 4. The number of ether oxygens (including phenoxy) is 2. The third-order valence-corrected chi connectivity index (χ3v) is 10.9. The van der Waals surface area contributed by atoms with Crippen molar-refractivity contribution in [3.8, 4) is 45.3 Å². The van der Waals surface area contributed by atoms with Gasteiger partial charge in [-0.05, 0) is 74.4 Å². The zero-order valence-electron chi connectivity index (χ0n) is 26.2. The molecule has 0 spiro atoms. The van der Waals surface area contributed by atoms with Crippen molar-refractivity contribution in [2.24, 2.45) is 5.92 Å². The highest BCUT2D eigenvalue weighted by Crippen LogP contribution is 2.59. The summed E-state index contributed by atoms with van der Waals surface area (Å²) >= 11 is 0. The standard InChI is InChI=1S/C43H36O2/c1-42(2)34-18-10-8-15-32(34)39-35(42)22-23-38-41(39)45-37-19-11-16-31(40(37)44-38)28-13-6-5-12-27(28)24-26-20-21-30-29-14-7-9-17-33(29)43(3,4)36(30)25-26/h5-23,25,30,36H,24H2,1-4H3. The second-order valence-electron chi connectivity index (χ2n) is 14.1. The fraction of sp³-hybridized carbons (Fsp3) is 0.209. The molecule has 0 saturated carbocycles. The fourth-order valence-electron chi connectivity index (χ4n) is 8.58. The molecule has 2 heteroatoms. The molecule has 3 aliphatic carbocycles. The Morgan fingerprint density at radius 1 is 0.600 bits per heavy atom. The Labute approximate surface area is 265 Å². The van der Waals surface area contributed by atoms with E-state index >= 15 is 0 Å². The summed E-state index contributed by atoms with van der Waals surface area (Å²) in [4.78, 5) is 0. The molecule has 9 rings (SSSR count). The normalized spacial score (nSPS) is 20.4. The number of benzene rings is 5.